The Morgan fingerprint density at radius 3 is 2.55 bits per heavy atom. The third kappa shape index (κ3) is 2.83. The molecule has 0 radical (unpaired) electrons. The number of esters is 1. The molecule has 3 rings (SSSR count). The highest BCUT2D eigenvalue weighted by atomic mass is 16.6. The van der Waals surface area contributed by atoms with Gasteiger partial charge in [0.15, 0.2) is 0 Å². The van der Waals surface area contributed by atoms with Crippen LogP contribution in [0.3, 0.4) is 0 Å². The number of para-hydroxylation sites is 1. The van der Waals surface area contributed by atoms with Gasteiger partial charge in [0.25, 0.3) is 5.69 Å². The smallest absolute Gasteiger partial charge is 0.345 e. The molecular weight excluding hydrogens is 282 g/mol. The van der Waals surface area contributed by atoms with Crippen molar-refractivity contribution < 1.29 is 14.5 Å². The SMILES string of the molecule is O=C(OC1CCc2ccccc2C1)c1ccccc1[N+](=O)[O-]. The molecule has 0 amide bonds. The first-order valence-corrected chi connectivity index (χ1v) is 7.16. The summed E-state index contributed by atoms with van der Waals surface area (Å²) in [5, 5.41) is 11.0. The van der Waals surface area contributed by atoms with Crippen LogP contribution < -0.4 is 0 Å². The average molecular weight is 297 g/mol. The van der Waals surface area contributed by atoms with Crippen LogP contribution >= 0.6 is 0 Å². The van der Waals surface area contributed by atoms with Gasteiger partial charge in [0.1, 0.15) is 11.7 Å². The number of rotatable bonds is 3. The van der Waals surface area contributed by atoms with Crippen molar-refractivity contribution in [1.29, 1.82) is 0 Å². The Kier molecular flexibility index (Phi) is 3.87. The van der Waals surface area contributed by atoms with Gasteiger partial charge in [-0.2, -0.15) is 0 Å². The highest BCUT2D eigenvalue weighted by Crippen LogP contribution is 2.25. The molecule has 1 atom stereocenters. The number of nitro benzene ring substituents is 1. The highest BCUT2D eigenvalue weighted by Gasteiger charge is 2.26. The fourth-order valence-electron chi connectivity index (χ4n) is 2.79. The van der Waals surface area contributed by atoms with E-state index in [9.17, 15) is 14.9 Å². The van der Waals surface area contributed by atoms with Gasteiger partial charge in [0.05, 0.1) is 4.92 Å². The van der Waals surface area contributed by atoms with Gasteiger partial charge >= 0.3 is 5.97 Å². The quantitative estimate of drug-likeness (QED) is 0.495. The van der Waals surface area contributed by atoms with E-state index in [1.807, 2.05) is 18.2 Å². The Morgan fingerprint density at radius 1 is 1.09 bits per heavy atom. The molecule has 2 aromatic rings. The van der Waals surface area contributed by atoms with Crippen LogP contribution in [0.5, 0.6) is 0 Å². The number of benzene rings is 2. The van der Waals surface area contributed by atoms with Gasteiger partial charge < -0.3 is 4.74 Å². The fourth-order valence-corrected chi connectivity index (χ4v) is 2.79. The molecule has 2 aromatic carbocycles. The number of aryl methyl sites for hydroxylation is 1. The lowest BCUT2D eigenvalue weighted by Gasteiger charge is -2.24. The standard InChI is InChI=1S/C17H15NO4/c19-17(15-7-3-4-8-16(15)18(20)21)22-14-10-9-12-5-1-2-6-13(12)11-14/h1-8,14H,9-11H2. The van der Waals surface area contributed by atoms with E-state index in [0.29, 0.717) is 6.42 Å². The number of nitrogens with zero attached hydrogens (tertiary/aromatic N) is 1. The molecule has 22 heavy (non-hydrogen) atoms. The Bertz CT molecular complexity index is 726. The minimum atomic E-state index is -0.628. The largest absolute Gasteiger partial charge is 0.458 e. The van der Waals surface area contributed by atoms with Crippen molar-refractivity contribution in [3.8, 4) is 0 Å². The molecule has 0 heterocycles. The van der Waals surface area contributed by atoms with E-state index in [1.54, 1.807) is 6.07 Å². The molecule has 1 aliphatic carbocycles. The number of ether oxygens (including phenoxy) is 1. The first kappa shape index (κ1) is 14.3. The summed E-state index contributed by atoms with van der Waals surface area (Å²) in [5.74, 6) is -0.628. The Hall–Kier alpha value is -2.69. The second kappa shape index (κ2) is 5.97. The van der Waals surface area contributed by atoms with Crippen LogP contribution in [0.4, 0.5) is 5.69 Å². The van der Waals surface area contributed by atoms with Crippen LogP contribution in [-0.4, -0.2) is 17.0 Å². The van der Waals surface area contributed by atoms with Crippen LogP contribution in [0.15, 0.2) is 48.5 Å². The van der Waals surface area contributed by atoms with Crippen molar-refractivity contribution >= 4 is 11.7 Å². The Balaban J connectivity index is 1.75. The van der Waals surface area contributed by atoms with E-state index in [2.05, 4.69) is 6.07 Å². The lowest BCUT2D eigenvalue weighted by molar-refractivity contribution is -0.385. The maximum atomic E-state index is 12.2. The monoisotopic (exact) mass is 297 g/mol. The van der Waals surface area contributed by atoms with E-state index in [-0.39, 0.29) is 17.4 Å². The summed E-state index contributed by atoms with van der Waals surface area (Å²) in [6.45, 7) is 0. The summed E-state index contributed by atoms with van der Waals surface area (Å²) in [6, 6.07) is 13.9. The predicted molar refractivity (Wildman–Crippen MR) is 80.8 cm³/mol. The zero-order chi connectivity index (χ0) is 15.5. The Labute approximate surface area is 127 Å². The van der Waals surface area contributed by atoms with Gasteiger partial charge in [0, 0.05) is 12.5 Å². The van der Waals surface area contributed by atoms with E-state index >= 15 is 0 Å². The molecule has 0 N–H and O–H groups in total. The van der Waals surface area contributed by atoms with E-state index < -0.39 is 10.9 Å². The molecule has 5 heteroatoms. The normalized spacial score (nSPS) is 16.6. The van der Waals surface area contributed by atoms with Crippen LogP contribution in [-0.2, 0) is 17.6 Å². The molecule has 0 saturated carbocycles. The second-order valence-corrected chi connectivity index (χ2v) is 5.31. The van der Waals surface area contributed by atoms with Gasteiger partial charge in [-0.3, -0.25) is 10.1 Å². The number of carbonyl (C=O) groups is 1. The molecule has 0 saturated heterocycles. The lowest BCUT2D eigenvalue weighted by atomic mass is 9.90. The summed E-state index contributed by atoms with van der Waals surface area (Å²) in [6.07, 6.45) is 2.01. The van der Waals surface area contributed by atoms with Crippen LogP contribution in [0.25, 0.3) is 0 Å². The van der Waals surface area contributed by atoms with E-state index in [0.717, 1.165) is 12.8 Å². The first-order chi connectivity index (χ1) is 10.6. The third-order valence-electron chi connectivity index (χ3n) is 3.90. The molecule has 0 aromatic heterocycles. The van der Waals surface area contributed by atoms with Crippen molar-refractivity contribution in [3.63, 3.8) is 0 Å². The minimum absolute atomic E-state index is 0.00589. The van der Waals surface area contributed by atoms with Gasteiger partial charge in [-0.15, -0.1) is 0 Å². The molecule has 0 fully saturated rings. The molecule has 0 spiro atoms. The van der Waals surface area contributed by atoms with Crippen molar-refractivity contribution in [1.82, 2.24) is 0 Å². The fraction of sp³-hybridized carbons (Fsp3) is 0.235. The third-order valence-corrected chi connectivity index (χ3v) is 3.90. The summed E-state index contributed by atoms with van der Waals surface area (Å²) in [7, 11) is 0. The number of nitro groups is 1. The summed E-state index contributed by atoms with van der Waals surface area (Å²) >= 11 is 0. The number of hydrogen-bond acceptors (Lipinski definition) is 4. The van der Waals surface area contributed by atoms with Gasteiger partial charge in [-0.05, 0) is 30.0 Å². The van der Waals surface area contributed by atoms with Crippen LogP contribution in [0.2, 0.25) is 0 Å². The molecule has 0 aliphatic heterocycles. The molecule has 5 nitrogen and oxygen atoms in total. The first-order valence-electron chi connectivity index (χ1n) is 7.16. The second-order valence-electron chi connectivity index (χ2n) is 5.31. The maximum Gasteiger partial charge on any atom is 0.345 e. The average Bonchev–Trinajstić information content (AvgIpc) is 2.54. The summed E-state index contributed by atoms with van der Waals surface area (Å²) in [4.78, 5) is 22.6. The van der Waals surface area contributed by atoms with E-state index in [4.69, 9.17) is 4.74 Å². The van der Waals surface area contributed by atoms with Crippen molar-refractivity contribution in [2.75, 3.05) is 0 Å². The van der Waals surface area contributed by atoms with E-state index in [1.165, 1.54) is 29.3 Å². The summed E-state index contributed by atoms with van der Waals surface area (Å²) < 4.78 is 5.48. The van der Waals surface area contributed by atoms with Gasteiger partial charge in [0.2, 0.25) is 0 Å². The van der Waals surface area contributed by atoms with Crippen LogP contribution in [0.1, 0.15) is 27.9 Å². The topological polar surface area (TPSA) is 69.4 Å². The van der Waals surface area contributed by atoms with Crippen molar-refractivity contribution in [2.45, 2.75) is 25.4 Å². The molecule has 1 aliphatic rings. The number of carbonyl (C=O) groups excluding carboxylic acids is 1. The predicted octanol–water partition coefficient (Wildman–Crippen LogP) is 3.31. The van der Waals surface area contributed by atoms with Crippen LogP contribution in [0, 0.1) is 10.1 Å². The van der Waals surface area contributed by atoms with Crippen molar-refractivity contribution in [2.24, 2.45) is 0 Å². The molecular formula is C17H15NO4. The lowest BCUT2D eigenvalue weighted by Crippen LogP contribution is -2.25. The number of hydrogen-bond donors (Lipinski definition) is 0. The maximum absolute atomic E-state index is 12.2. The molecule has 0 bridgehead atoms. The zero-order valence-corrected chi connectivity index (χ0v) is 11.9. The zero-order valence-electron chi connectivity index (χ0n) is 11.9. The Morgan fingerprint density at radius 2 is 1.77 bits per heavy atom. The molecule has 112 valence electrons. The van der Waals surface area contributed by atoms with Gasteiger partial charge in [-0.25, -0.2) is 4.79 Å². The molecule has 1 unspecified atom stereocenters. The number of fused-ring (bicyclic) bond motifs is 1. The van der Waals surface area contributed by atoms with Crippen molar-refractivity contribution in [3.05, 3.63) is 75.3 Å². The highest BCUT2D eigenvalue weighted by molar-refractivity contribution is 5.93. The summed E-state index contributed by atoms with van der Waals surface area (Å²) in [5.41, 5.74) is 2.24. The van der Waals surface area contributed by atoms with Gasteiger partial charge in [-0.1, -0.05) is 36.4 Å². The minimum Gasteiger partial charge on any atom is -0.458 e.